The number of rotatable bonds is 4. The maximum Gasteiger partial charge on any atom is 0.254 e. The van der Waals surface area contributed by atoms with E-state index in [1.165, 1.54) is 36.1 Å². The number of aryl methyl sites for hydroxylation is 1. The maximum atomic E-state index is 13.1. The molecular weight excluding hydrogens is 412 g/mol. The summed E-state index contributed by atoms with van der Waals surface area (Å²) < 4.78 is 6.18. The molecule has 0 atom stereocenters. The van der Waals surface area contributed by atoms with Gasteiger partial charge in [-0.05, 0) is 72.2 Å². The van der Waals surface area contributed by atoms with Crippen LogP contribution in [-0.4, -0.2) is 18.2 Å². The highest BCUT2D eigenvalue weighted by Gasteiger charge is 2.27. The Morgan fingerprint density at radius 2 is 2.00 bits per heavy atom. The highest BCUT2D eigenvalue weighted by atomic mass is 79.9. The molecule has 2 aliphatic carbocycles. The van der Waals surface area contributed by atoms with E-state index >= 15 is 0 Å². The first kappa shape index (κ1) is 18.0. The number of fused-ring (bicyclic) bond motifs is 1. The van der Waals surface area contributed by atoms with Gasteiger partial charge in [-0.1, -0.05) is 19.3 Å². The fourth-order valence-electron chi connectivity index (χ4n) is 3.90. The van der Waals surface area contributed by atoms with Gasteiger partial charge >= 0.3 is 0 Å². The first-order valence-corrected chi connectivity index (χ1v) is 11.1. The number of halogens is 1. The maximum absolute atomic E-state index is 13.1. The van der Waals surface area contributed by atoms with Crippen molar-refractivity contribution in [2.75, 3.05) is 0 Å². The highest BCUT2D eigenvalue weighted by molar-refractivity contribution is 9.10. The molecule has 1 amide bonds. The second-order valence-electron chi connectivity index (χ2n) is 7.10. The van der Waals surface area contributed by atoms with Gasteiger partial charge in [-0.25, -0.2) is 4.99 Å². The molecule has 0 aliphatic heterocycles. The number of carbonyl (C=O) groups is 1. The van der Waals surface area contributed by atoms with E-state index in [4.69, 9.17) is 4.42 Å². The number of nitrogens with one attached hydrogen (secondary N) is 1. The van der Waals surface area contributed by atoms with Crippen LogP contribution in [0.2, 0.25) is 0 Å². The summed E-state index contributed by atoms with van der Waals surface area (Å²) in [4.78, 5) is 19.0. The minimum atomic E-state index is 0.0593. The van der Waals surface area contributed by atoms with Crippen molar-refractivity contribution in [3.05, 3.63) is 38.6 Å². The van der Waals surface area contributed by atoms with Crippen molar-refractivity contribution in [1.82, 2.24) is 5.32 Å². The zero-order chi connectivity index (χ0) is 17.9. The van der Waals surface area contributed by atoms with Gasteiger partial charge in [0.2, 0.25) is 0 Å². The minimum absolute atomic E-state index is 0.0593. The number of aliphatic imine (C=N–C) groups is 1. The Hall–Kier alpha value is -1.40. The summed E-state index contributed by atoms with van der Waals surface area (Å²) in [5, 5.41) is 4.09. The van der Waals surface area contributed by atoms with Gasteiger partial charge in [-0.15, -0.1) is 11.3 Å². The molecule has 0 saturated heterocycles. The molecule has 0 spiro atoms. The average Bonchev–Trinajstić information content (AvgIpc) is 3.23. The number of nitrogens with zero attached hydrogens (tertiary/aromatic N) is 1. The average molecular weight is 435 g/mol. The second-order valence-corrected chi connectivity index (χ2v) is 8.96. The van der Waals surface area contributed by atoms with Crippen molar-refractivity contribution in [1.29, 1.82) is 0 Å². The molecule has 0 aromatic carbocycles. The molecule has 4 rings (SSSR count). The van der Waals surface area contributed by atoms with Crippen LogP contribution in [-0.2, 0) is 12.8 Å². The topological polar surface area (TPSA) is 54.6 Å². The van der Waals surface area contributed by atoms with Gasteiger partial charge in [0.25, 0.3) is 5.91 Å². The fraction of sp³-hybridized carbons (Fsp3) is 0.500. The molecule has 138 valence electrons. The Balaban J connectivity index is 1.61. The molecule has 2 aliphatic rings. The lowest BCUT2D eigenvalue weighted by Crippen LogP contribution is -2.36. The first-order chi connectivity index (χ1) is 12.7. The number of hydrogen-bond donors (Lipinski definition) is 1. The van der Waals surface area contributed by atoms with E-state index in [0.29, 0.717) is 16.5 Å². The molecule has 26 heavy (non-hydrogen) atoms. The molecule has 4 nitrogen and oxygen atoms in total. The number of amides is 1. The number of furan rings is 1. The normalized spacial score (nSPS) is 18.2. The van der Waals surface area contributed by atoms with Crippen molar-refractivity contribution in [3.63, 3.8) is 0 Å². The predicted molar refractivity (Wildman–Crippen MR) is 109 cm³/mol. The standard InChI is InChI=1S/C20H23BrN2O2S/c21-17-11-10-14(25-17)12-22-20-18(15-8-4-5-9-16(15)26-20)19(24)23-13-6-2-1-3-7-13/h10-13H,1-9H2,(H,23,24)/b22-12-. The van der Waals surface area contributed by atoms with Gasteiger partial charge in [0.1, 0.15) is 10.8 Å². The quantitative estimate of drug-likeness (QED) is 0.618. The van der Waals surface area contributed by atoms with E-state index in [-0.39, 0.29) is 5.91 Å². The third kappa shape index (κ3) is 3.96. The van der Waals surface area contributed by atoms with E-state index in [1.54, 1.807) is 17.6 Å². The van der Waals surface area contributed by atoms with Crippen molar-refractivity contribution in [2.24, 2.45) is 4.99 Å². The van der Waals surface area contributed by atoms with Gasteiger partial charge in [-0.3, -0.25) is 4.79 Å². The fourth-order valence-corrected chi connectivity index (χ4v) is 5.45. The molecule has 2 heterocycles. The molecule has 0 radical (unpaired) electrons. The molecule has 2 aromatic heterocycles. The Morgan fingerprint density at radius 1 is 1.19 bits per heavy atom. The van der Waals surface area contributed by atoms with E-state index in [1.807, 2.05) is 12.1 Å². The summed E-state index contributed by atoms with van der Waals surface area (Å²) >= 11 is 4.97. The molecule has 1 N–H and O–H groups in total. The van der Waals surface area contributed by atoms with Crippen LogP contribution in [0.15, 0.2) is 26.2 Å². The lowest BCUT2D eigenvalue weighted by molar-refractivity contribution is 0.0927. The Bertz CT molecular complexity index is 818. The molecule has 2 aromatic rings. The molecular formula is C20H23BrN2O2S. The van der Waals surface area contributed by atoms with Crippen LogP contribution < -0.4 is 5.32 Å². The zero-order valence-corrected chi connectivity index (χ0v) is 17.1. The van der Waals surface area contributed by atoms with Gasteiger partial charge in [0.05, 0.1) is 11.8 Å². The van der Waals surface area contributed by atoms with Crippen LogP contribution in [0.3, 0.4) is 0 Å². The van der Waals surface area contributed by atoms with Crippen LogP contribution in [0, 0.1) is 0 Å². The third-order valence-electron chi connectivity index (χ3n) is 5.22. The lowest BCUT2D eigenvalue weighted by Gasteiger charge is -2.23. The van der Waals surface area contributed by atoms with Crippen LogP contribution in [0.4, 0.5) is 5.00 Å². The van der Waals surface area contributed by atoms with Gasteiger partial charge < -0.3 is 9.73 Å². The summed E-state index contributed by atoms with van der Waals surface area (Å²) in [5.41, 5.74) is 2.03. The smallest absolute Gasteiger partial charge is 0.254 e. The van der Waals surface area contributed by atoms with Crippen LogP contribution in [0.5, 0.6) is 0 Å². The molecule has 6 heteroatoms. The van der Waals surface area contributed by atoms with E-state index < -0.39 is 0 Å². The largest absolute Gasteiger partial charge is 0.448 e. The SMILES string of the molecule is O=C(NC1CCCCC1)c1c(/N=C\c2ccc(Br)o2)sc2c1CCCC2. The zero-order valence-electron chi connectivity index (χ0n) is 14.7. The van der Waals surface area contributed by atoms with Crippen molar-refractivity contribution >= 4 is 44.4 Å². The van der Waals surface area contributed by atoms with E-state index in [0.717, 1.165) is 42.7 Å². The summed E-state index contributed by atoms with van der Waals surface area (Å²) in [7, 11) is 0. The Labute approximate surface area is 166 Å². The molecule has 1 saturated carbocycles. The molecule has 0 bridgehead atoms. The Kier molecular flexibility index (Phi) is 5.60. The summed E-state index contributed by atoms with van der Waals surface area (Å²) in [6.07, 6.45) is 12.0. The molecule has 0 unspecified atom stereocenters. The summed E-state index contributed by atoms with van der Waals surface area (Å²) in [6.45, 7) is 0. The van der Waals surface area contributed by atoms with Crippen molar-refractivity contribution in [3.8, 4) is 0 Å². The summed E-state index contributed by atoms with van der Waals surface area (Å²) in [5.74, 6) is 0.742. The predicted octanol–water partition coefficient (Wildman–Crippen LogP) is 5.80. The van der Waals surface area contributed by atoms with Crippen LogP contribution in [0.25, 0.3) is 0 Å². The van der Waals surface area contributed by atoms with Crippen LogP contribution >= 0.6 is 27.3 Å². The van der Waals surface area contributed by atoms with Crippen molar-refractivity contribution < 1.29 is 9.21 Å². The van der Waals surface area contributed by atoms with Gasteiger partial charge in [0, 0.05) is 10.9 Å². The van der Waals surface area contributed by atoms with Gasteiger partial charge in [0.15, 0.2) is 4.67 Å². The van der Waals surface area contributed by atoms with E-state index in [2.05, 4.69) is 26.2 Å². The van der Waals surface area contributed by atoms with Crippen molar-refractivity contribution in [2.45, 2.75) is 63.8 Å². The highest BCUT2D eigenvalue weighted by Crippen LogP contribution is 2.40. The second kappa shape index (κ2) is 8.09. The molecule has 1 fully saturated rings. The lowest BCUT2D eigenvalue weighted by atomic mass is 9.93. The number of carbonyl (C=O) groups excluding carboxylic acids is 1. The summed E-state index contributed by atoms with van der Waals surface area (Å²) in [6, 6.07) is 4.02. The van der Waals surface area contributed by atoms with Crippen LogP contribution in [0.1, 0.15) is 71.5 Å². The Morgan fingerprint density at radius 3 is 2.77 bits per heavy atom. The number of thiophene rings is 1. The monoisotopic (exact) mass is 434 g/mol. The first-order valence-electron chi connectivity index (χ1n) is 9.45. The minimum Gasteiger partial charge on any atom is -0.448 e. The third-order valence-corrected chi connectivity index (χ3v) is 6.85. The number of hydrogen-bond acceptors (Lipinski definition) is 4. The van der Waals surface area contributed by atoms with E-state index in [9.17, 15) is 4.79 Å². The van der Waals surface area contributed by atoms with Gasteiger partial charge in [-0.2, -0.15) is 0 Å².